The number of likely N-dealkylation sites (N-methyl/N-ethyl adjacent to an activating group) is 1. The number of aliphatic hydroxyl groups excluding tert-OH is 1. The summed E-state index contributed by atoms with van der Waals surface area (Å²) in [6.07, 6.45) is 9.49. The van der Waals surface area contributed by atoms with E-state index in [0.29, 0.717) is 43.4 Å². The summed E-state index contributed by atoms with van der Waals surface area (Å²) in [6, 6.07) is -0.202. The molecule has 4 fully saturated rings. The zero-order valence-electron chi connectivity index (χ0n) is 42.9. The van der Waals surface area contributed by atoms with Gasteiger partial charge in [-0.25, -0.2) is 0 Å². The topological polar surface area (TPSA) is 179 Å². The molecule has 6 aliphatic heterocycles. The van der Waals surface area contributed by atoms with Crippen LogP contribution in [0.4, 0.5) is 0 Å². The van der Waals surface area contributed by atoms with Gasteiger partial charge in [-0.2, -0.15) is 0 Å². The first-order valence-corrected chi connectivity index (χ1v) is 25.4. The van der Waals surface area contributed by atoms with Gasteiger partial charge >= 0.3 is 11.9 Å². The first kappa shape index (κ1) is 53.9. The van der Waals surface area contributed by atoms with Crippen LogP contribution in [0.1, 0.15) is 101 Å². The Balaban J connectivity index is 1.13. The van der Waals surface area contributed by atoms with E-state index in [0.717, 1.165) is 12.0 Å². The van der Waals surface area contributed by atoms with Crippen LogP contribution in [0, 0.1) is 23.7 Å². The van der Waals surface area contributed by atoms with Crippen LogP contribution in [0.3, 0.4) is 0 Å². The maximum atomic E-state index is 14.4. The number of nitrogens with zero attached hydrogens (tertiary/aromatic N) is 1. The van der Waals surface area contributed by atoms with Crippen LogP contribution in [0.2, 0.25) is 0 Å². The van der Waals surface area contributed by atoms with Crippen LogP contribution in [0.15, 0.2) is 59.3 Å². The second kappa shape index (κ2) is 22.9. The van der Waals surface area contributed by atoms with Crippen molar-refractivity contribution >= 4 is 11.9 Å². The van der Waals surface area contributed by atoms with E-state index in [-0.39, 0.29) is 67.6 Å². The lowest BCUT2D eigenvalue weighted by atomic mass is 9.71. The van der Waals surface area contributed by atoms with Crippen molar-refractivity contribution in [2.75, 3.05) is 41.0 Å². The van der Waals surface area contributed by atoms with Crippen molar-refractivity contribution in [2.45, 2.75) is 198 Å². The number of hydrogen-bond acceptors (Lipinski definition) is 16. The zero-order chi connectivity index (χ0) is 49.9. The van der Waals surface area contributed by atoms with E-state index >= 15 is 0 Å². The van der Waals surface area contributed by atoms with Crippen LogP contribution in [-0.2, 0) is 61.7 Å². The summed E-state index contributed by atoms with van der Waals surface area (Å²) in [5.74, 6) is -2.93. The molecule has 16 heteroatoms. The number of allylic oxidation sites excluding steroid dienone is 2. The summed E-state index contributed by atoms with van der Waals surface area (Å²) >= 11 is 0. The molecule has 2 N–H and O–H groups in total. The molecule has 2 bridgehead atoms. The van der Waals surface area contributed by atoms with Crippen molar-refractivity contribution in [3.05, 3.63) is 59.3 Å². The molecule has 20 atom stereocenters. The molecule has 69 heavy (non-hydrogen) atoms. The minimum absolute atomic E-state index is 0.0243. The maximum absolute atomic E-state index is 14.4. The summed E-state index contributed by atoms with van der Waals surface area (Å²) < 4.78 is 70.2. The summed E-state index contributed by atoms with van der Waals surface area (Å²) in [4.78, 5) is 28.6. The van der Waals surface area contributed by atoms with Gasteiger partial charge in [0, 0.05) is 51.7 Å². The smallest absolute Gasteiger partial charge is 0.320 e. The molecule has 0 aromatic heterocycles. The van der Waals surface area contributed by atoms with Gasteiger partial charge in [0.15, 0.2) is 18.4 Å². The highest BCUT2D eigenvalue weighted by molar-refractivity contribution is 5.78. The quantitative estimate of drug-likeness (QED) is 0.175. The van der Waals surface area contributed by atoms with E-state index in [2.05, 4.69) is 39.8 Å². The summed E-state index contributed by atoms with van der Waals surface area (Å²) in [5, 5.41) is 23.8. The number of esters is 2. The second-order valence-corrected chi connectivity index (χ2v) is 20.7. The molecule has 7 aliphatic rings. The van der Waals surface area contributed by atoms with Crippen molar-refractivity contribution in [3.8, 4) is 0 Å². The molecule has 1 aliphatic carbocycles. The third-order valence-corrected chi connectivity index (χ3v) is 15.7. The largest absolute Gasteiger partial charge is 0.465 e. The second-order valence-electron chi connectivity index (χ2n) is 20.7. The Morgan fingerprint density at radius 2 is 1.64 bits per heavy atom. The molecule has 6 heterocycles. The van der Waals surface area contributed by atoms with E-state index in [9.17, 15) is 19.8 Å². The molecular weight excluding hydrogens is 891 g/mol. The van der Waals surface area contributed by atoms with Crippen LogP contribution in [-0.4, -0.2) is 165 Å². The molecule has 0 aromatic rings. The number of carbonyl (C=O) groups is 2. The first-order valence-electron chi connectivity index (χ1n) is 25.4. The molecule has 0 aromatic carbocycles. The first-order chi connectivity index (χ1) is 32.8. The fourth-order valence-corrected chi connectivity index (χ4v) is 11.7. The molecule has 0 amide bonds. The summed E-state index contributed by atoms with van der Waals surface area (Å²) in [6.45, 7) is 18.5. The Morgan fingerprint density at radius 1 is 0.928 bits per heavy atom. The highest BCUT2D eigenvalue weighted by Gasteiger charge is 2.60. The van der Waals surface area contributed by atoms with Crippen molar-refractivity contribution in [2.24, 2.45) is 23.7 Å². The third-order valence-electron chi connectivity index (χ3n) is 15.7. The van der Waals surface area contributed by atoms with Gasteiger partial charge in [-0.05, 0) is 76.8 Å². The SMILES string of the molecule is CCOC(=O)CN(C)[C@H]1[C@@H](C)O[C@H](O[C@H]2[C@H](C)O[C@@H](O[C@@H]3/C(C)=C/C[C@@H]4C[C@@H](C[C@]5(C=C[C@H](C)[C@@H]([C@@H](C)CC)O5)O4)OC(=O)[C@@H]4C=C(C)[C@@H](O)[C@H]5OC/C(=C\C=C\[C@@H]3C)[C@]54O)C[C@@H]2OC)C[C@H]1OC. The zero-order valence-corrected chi connectivity index (χ0v) is 42.9. The maximum Gasteiger partial charge on any atom is 0.320 e. The predicted molar refractivity (Wildman–Crippen MR) is 254 cm³/mol. The van der Waals surface area contributed by atoms with Gasteiger partial charge in [0.05, 0.1) is 68.5 Å². The van der Waals surface area contributed by atoms with Crippen LogP contribution >= 0.6 is 0 Å². The highest BCUT2D eigenvalue weighted by atomic mass is 16.7. The van der Waals surface area contributed by atoms with Crippen LogP contribution < -0.4 is 0 Å². The van der Waals surface area contributed by atoms with Gasteiger partial charge in [-0.3, -0.25) is 14.5 Å². The Morgan fingerprint density at radius 3 is 2.35 bits per heavy atom. The van der Waals surface area contributed by atoms with E-state index in [1.165, 1.54) is 0 Å². The average Bonchev–Trinajstić information content (AvgIpc) is 3.65. The molecule has 7 rings (SSSR count). The lowest BCUT2D eigenvalue weighted by Crippen LogP contribution is -2.59. The van der Waals surface area contributed by atoms with Crippen LogP contribution in [0.5, 0.6) is 0 Å². The Bertz CT molecular complexity index is 1940. The van der Waals surface area contributed by atoms with Gasteiger partial charge in [0.1, 0.15) is 35.9 Å². The number of hydrogen-bond donors (Lipinski definition) is 2. The predicted octanol–water partition coefficient (Wildman–Crippen LogP) is 5.88. The molecule has 16 nitrogen and oxygen atoms in total. The van der Waals surface area contributed by atoms with Crippen molar-refractivity contribution in [3.63, 3.8) is 0 Å². The Kier molecular flexibility index (Phi) is 17.9. The normalized spacial score (nSPS) is 45.3. The van der Waals surface area contributed by atoms with Gasteiger partial charge < -0.3 is 62.3 Å². The molecule has 4 saturated heterocycles. The van der Waals surface area contributed by atoms with Crippen molar-refractivity contribution < 1.29 is 71.9 Å². The number of rotatable bonds is 12. The fraction of sp³-hybridized carbons (Fsp3) is 0.774. The summed E-state index contributed by atoms with van der Waals surface area (Å²) in [5.41, 5.74) is 0.108. The molecule has 388 valence electrons. The number of carbonyl (C=O) groups excluding carboxylic acids is 2. The standard InChI is InChI=1S/C53H81NO15/c1-13-29(3)48-32(6)20-21-52(69-48)26-38-23-37(68-52)19-18-31(5)47(30(4)16-15-17-36-28-62-50-46(56)33(7)22-39(51(57)65-38)53(36,50)58)66-44-25-41(60-12)49(35(9)64-44)67-43-24-40(59-11)45(34(8)63-43)54(10)27-42(55)61-14-2/h15-18,20-22,29-30,32,34-35,37-41,43-50,56,58H,13-14,19,23-28H2,1-12H3/b16-15+,31-18+,36-17+/t29-,30-,32-,34+,35-,37+,38-,39-,40+,41-,43+,44-,45-,46+,47-,48+,49-,50+,52+,53+/m0/s1. The molecular formula is C53H81NO15. The Hall–Kier alpha value is -2.84. The molecule has 1 spiro atoms. The minimum atomic E-state index is -1.85. The van der Waals surface area contributed by atoms with E-state index in [4.69, 9.17) is 52.1 Å². The number of fused-ring (bicyclic) bond motifs is 2. The fourth-order valence-electron chi connectivity index (χ4n) is 11.7. The number of methoxy groups -OCH3 is 2. The van der Waals surface area contributed by atoms with Gasteiger partial charge in [-0.15, -0.1) is 0 Å². The Labute approximate surface area is 409 Å². The number of ether oxygens (including phenoxy) is 11. The van der Waals surface area contributed by atoms with Gasteiger partial charge in [0.25, 0.3) is 0 Å². The third kappa shape index (κ3) is 11.7. The minimum Gasteiger partial charge on any atom is -0.465 e. The number of aliphatic hydroxyl groups is 2. The van der Waals surface area contributed by atoms with Crippen LogP contribution in [0.25, 0.3) is 0 Å². The monoisotopic (exact) mass is 972 g/mol. The highest BCUT2D eigenvalue weighted by Crippen LogP contribution is 2.47. The lowest BCUT2D eigenvalue weighted by molar-refractivity contribution is -0.315. The van der Waals surface area contributed by atoms with Crippen molar-refractivity contribution in [1.82, 2.24) is 4.90 Å². The van der Waals surface area contributed by atoms with E-state index < -0.39 is 84.7 Å². The van der Waals surface area contributed by atoms with E-state index in [1.54, 1.807) is 40.2 Å². The molecule has 0 saturated carbocycles. The molecule has 0 radical (unpaired) electrons. The average molecular weight is 972 g/mol. The van der Waals surface area contributed by atoms with Gasteiger partial charge in [0.2, 0.25) is 0 Å². The van der Waals surface area contributed by atoms with Gasteiger partial charge in [-0.1, -0.05) is 70.6 Å². The van der Waals surface area contributed by atoms with Crippen molar-refractivity contribution in [1.29, 1.82) is 0 Å². The molecule has 0 unspecified atom stereocenters. The summed E-state index contributed by atoms with van der Waals surface area (Å²) in [7, 11) is 5.18. The van der Waals surface area contributed by atoms with E-state index in [1.807, 2.05) is 50.9 Å². The lowest BCUT2D eigenvalue weighted by Gasteiger charge is -2.48.